The molecule has 0 spiro atoms. The Morgan fingerprint density at radius 1 is 1.12 bits per heavy atom. The second-order valence-corrected chi connectivity index (χ2v) is 7.51. The van der Waals surface area contributed by atoms with Crippen LogP contribution in [0.2, 0.25) is 0 Å². The van der Waals surface area contributed by atoms with Crippen molar-refractivity contribution in [2.45, 2.75) is 19.3 Å². The first-order valence-electron chi connectivity index (χ1n) is 8.97. The van der Waals surface area contributed by atoms with Crippen molar-refractivity contribution in [3.8, 4) is 10.6 Å². The van der Waals surface area contributed by atoms with Gasteiger partial charge in [0.15, 0.2) is 0 Å². The molecule has 7 heteroatoms. The molecule has 0 atom stereocenters. The van der Waals surface area contributed by atoms with E-state index in [1.165, 1.54) is 0 Å². The molecule has 26 heavy (non-hydrogen) atoms. The van der Waals surface area contributed by atoms with Gasteiger partial charge in [0.1, 0.15) is 10.0 Å². The number of hydrogen-bond acceptors (Lipinski definition) is 5. The van der Waals surface area contributed by atoms with E-state index in [9.17, 15) is 4.79 Å². The Bertz CT molecular complexity index is 732. The predicted octanol–water partition coefficient (Wildman–Crippen LogP) is 3.23. The predicted molar refractivity (Wildman–Crippen MR) is 107 cm³/mol. The average molecular weight is 394 g/mol. The van der Waals surface area contributed by atoms with Crippen LogP contribution in [0.3, 0.4) is 0 Å². The minimum Gasteiger partial charge on any atom is -0.379 e. The highest BCUT2D eigenvalue weighted by atomic mass is 35.5. The number of anilines is 1. The number of aromatic nitrogens is 1. The molecule has 2 aliphatic rings. The quantitative estimate of drug-likeness (QED) is 0.803. The van der Waals surface area contributed by atoms with Crippen LogP contribution >= 0.6 is 23.7 Å². The molecule has 5 nitrogen and oxygen atoms in total. The number of carbonyl (C=O) groups is 1. The van der Waals surface area contributed by atoms with Crippen molar-refractivity contribution >= 4 is 34.7 Å². The molecule has 0 saturated carbocycles. The third-order valence-corrected chi connectivity index (χ3v) is 5.92. The number of amides is 1. The highest BCUT2D eigenvalue weighted by Gasteiger charge is 2.27. The first-order valence-corrected chi connectivity index (χ1v) is 9.78. The van der Waals surface area contributed by atoms with Crippen molar-refractivity contribution in [2.24, 2.45) is 0 Å². The van der Waals surface area contributed by atoms with Crippen molar-refractivity contribution in [3.63, 3.8) is 0 Å². The number of aryl methyl sites for hydroxylation is 1. The van der Waals surface area contributed by atoms with Gasteiger partial charge in [0, 0.05) is 25.2 Å². The van der Waals surface area contributed by atoms with Gasteiger partial charge in [0.2, 0.25) is 5.91 Å². The largest absolute Gasteiger partial charge is 0.379 e. The summed E-state index contributed by atoms with van der Waals surface area (Å²) >= 11 is 1.65. The summed E-state index contributed by atoms with van der Waals surface area (Å²) in [5, 5.41) is 2.06. The molecular formula is C19H24ClN3O2S. The van der Waals surface area contributed by atoms with E-state index >= 15 is 0 Å². The number of morpholine rings is 1. The van der Waals surface area contributed by atoms with Crippen LogP contribution in [0.25, 0.3) is 10.6 Å². The molecule has 0 aliphatic carbocycles. The topological polar surface area (TPSA) is 45.7 Å². The van der Waals surface area contributed by atoms with E-state index in [4.69, 9.17) is 9.72 Å². The lowest BCUT2D eigenvalue weighted by molar-refractivity contribution is -0.120. The van der Waals surface area contributed by atoms with E-state index in [0.717, 1.165) is 73.4 Å². The van der Waals surface area contributed by atoms with Crippen LogP contribution in [0.1, 0.15) is 18.5 Å². The number of benzene rings is 1. The number of hydrogen-bond donors (Lipinski definition) is 0. The van der Waals surface area contributed by atoms with Gasteiger partial charge in [-0.3, -0.25) is 9.69 Å². The maximum absolute atomic E-state index is 12.9. The highest BCUT2D eigenvalue weighted by Crippen LogP contribution is 2.37. The van der Waals surface area contributed by atoms with Crippen molar-refractivity contribution in [3.05, 3.63) is 36.0 Å². The Hall–Kier alpha value is -1.47. The molecule has 1 saturated heterocycles. The maximum atomic E-state index is 12.9. The molecule has 1 fully saturated rings. The van der Waals surface area contributed by atoms with Crippen molar-refractivity contribution in [2.75, 3.05) is 44.3 Å². The minimum absolute atomic E-state index is 0. The zero-order chi connectivity index (χ0) is 17.1. The summed E-state index contributed by atoms with van der Waals surface area (Å²) in [4.78, 5) is 22.0. The van der Waals surface area contributed by atoms with Gasteiger partial charge in [-0.25, -0.2) is 4.98 Å². The lowest BCUT2D eigenvalue weighted by Gasteiger charge is -2.28. The molecule has 2 aromatic rings. The van der Waals surface area contributed by atoms with Gasteiger partial charge in [0.05, 0.1) is 25.5 Å². The van der Waals surface area contributed by atoms with E-state index in [-0.39, 0.29) is 18.3 Å². The van der Waals surface area contributed by atoms with Crippen LogP contribution in [0, 0.1) is 0 Å². The van der Waals surface area contributed by atoms with E-state index in [1.54, 1.807) is 11.3 Å². The third-order valence-electron chi connectivity index (χ3n) is 4.75. The molecule has 4 rings (SSSR count). The number of nitrogens with zero attached hydrogens (tertiary/aromatic N) is 3. The number of halogens is 1. The fourth-order valence-corrected chi connectivity index (χ4v) is 4.52. The highest BCUT2D eigenvalue weighted by molar-refractivity contribution is 7.19. The zero-order valence-electron chi connectivity index (χ0n) is 14.7. The Morgan fingerprint density at radius 3 is 2.65 bits per heavy atom. The van der Waals surface area contributed by atoms with Gasteiger partial charge in [-0.15, -0.1) is 12.4 Å². The number of rotatable bonds is 3. The second-order valence-electron chi connectivity index (χ2n) is 6.53. The van der Waals surface area contributed by atoms with E-state index in [1.807, 2.05) is 23.1 Å². The van der Waals surface area contributed by atoms with Gasteiger partial charge in [-0.2, -0.15) is 0 Å². The Kier molecular flexibility index (Phi) is 6.64. The molecule has 0 unspecified atom stereocenters. The second kappa shape index (κ2) is 8.95. The lowest BCUT2D eigenvalue weighted by Crippen LogP contribution is -2.45. The number of carbonyl (C=O) groups excluding carboxylic acids is 1. The number of fused-ring (bicyclic) bond motifs is 1. The van der Waals surface area contributed by atoms with Gasteiger partial charge < -0.3 is 9.64 Å². The van der Waals surface area contributed by atoms with Gasteiger partial charge in [0.25, 0.3) is 0 Å². The summed E-state index contributed by atoms with van der Waals surface area (Å²) in [7, 11) is 0. The summed E-state index contributed by atoms with van der Waals surface area (Å²) in [6.45, 7) is 4.39. The lowest BCUT2D eigenvalue weighted by atomic mass is 10.2. The Morgan fingerprint density at radius 2 is 1.88 bits per heavy atom. The molecule has 1 amide bonds. The molecule has 140 valence electrons. The molecule has 1 aromatic heterocycles. The molecular weight excluding hydrogens is 370 g/mol. The summed E-state index contributed by atoms with van der Waals surface area (Å²) in [5.74, 6) is 0.188. The van der Waals surface area contributed by atoms with Crippen LogP contribution in [0.4, 0.5) is 5.00 Å². The smallest absolute Gasteiger partial charge is 0.241 e. The van der Waals surface area contributed by atoms with Crippen LogP contribution < -0.4 is 4.90 Å². The maximum Gasteiger partial charge on any atom is 0.241 e. The first kappa shape index (κ1) is 19.3. The zero-order valence-corrected chi connectivity index (χ0v) is 16.4. The van der Waals surface area contributed by atoms with Gasteiger partial charge in [-0.05, 0) is 19.3 Å². The monoisotopic (exact) mass is 393 g/mol. The summed E-state index contributed by atoms with van der Waals surface area (Å²) < 4.78 is 5.38. The van der Waals surface area contributed by atoms with Crippen LogP contribution in [0.15, 0.2) is 30.3 Å². The van der Waals surface area contributed by atoms with E-state index in [0.29, 0.717) is 6.54 Å². The van der Waals surface area contributed by atoms with E-state index < -0.39 is 0 Å². The van der Waals surface area contributed by atoms with Gasteiger partial charge in [-0.1, -0.05) is 41.7 Å². The fourth-order valence-electron chi connectivity index (χ4n) is 3.36. The number of thiazole rings is 1. The molecule has 0 N–H and O–H groups in total. The summed E-state index contributed by atoms with van der Waals surface area (Å²) in [5.41, 5.74) is 2.21. The molecule has 3 heterocycles. The van der Waals surface area contributed by atoms with Gasteiger partial charge >= 0.3 is 0 Å². The normalized spacial score (nSPS) is 17.9. The first-order chi connectivity index (χ1) is 12.3. The molecule has 2 aliphatic heterocycles. The van der Waals surface area contributed by atoms with Crippen LogP contribution in [-0.4, -0.2) is 55.2 Å². The third kappa shape index (κ3) is 4.26. The molecule has 1 aromatic carbocycles. The average Bonchev–Trinajstić information content (AvgIpc) is 2.97. The standard InChI is InChI=1S/C19H23N3O2S.ClH/c23-17(14-21-10-12-24-13-11-21)22-9-5-4-8-16-19(22)25-18(20-16)15-6-2-1-3-7-15;/h1-3,6-7H,4-5,8-14H2;1H. The summed E-state index contributed by atoms with van der Waals surface area (Å²) in [6, 6.07) is 10.2. The van der Waals surface area contributed by atoms with Crippen LogP contribution in [0.5, 0.6) is 0 Å². The van der Waals surface area contributed by atoms with Crippen molar-refractivity contribution < 1.29 is 9.53 Å². The summed E-state index contributed by atoms with van der Waals surface area (Å²) in [6.07, 6.45) is 3.09. The number of ether oxygens (including phenoxy) is 1. The van der Waals surface area contributed by atoms with Crippen molar-refractivity contribution in [1.82, 2.24) is 9.88 Å². The molecule has 0 bridgehead atoms. The minimum atomic E-state index is 0. The Balaban J connectivity index is 0.00000196. The fraction of sp³-hybridized carbons (Fsp3) is 0.474. The Labute approximate surface area is 164 Å². The van der Waals surface area contributed by atoms with Crippen LogP contribution in [-0.2, 0) is 16.0 Å². The molecule has 0 radical (unpaired) electrons. The van der Waals surface area contributed by atoms with Crippen molar-refractivity contribution in [1.29, 1.82) is 0 Å². The van der Waals surface area contributed by atoms with E-state index in [2.05, 4.69) is 17.0 Å². The SMILES string of the molecule is Cl.O=C(CN1CCOCC1)N1CCCCc2nc(-c3ccccc3)sc21.